The molecule has 0 amide bonds. The standard InChI is InChI=1S/C36H66O2/c1-3-5-7-9-11-13-15-17-19-21-23-25-27-29-31-33-35-38-36(37)34-32-30-28-26-24-22-20-18-16-14-12-10-8-6-4-2/h12,14,17-20H,3-11,13,15-16,21-35H2,1-2H3/b14-12-,19-17-,20-18-. The predicted octanol–water partition coefficient (Wildman–Crippen LogP) is 12.4. The molecular weight excluding hydrogens is 464 g/mol. The first kappa shape index (κ1) is 36.7. The fourth-order valence-corrected chi connectivity index (χ4v) is 4.69. The Hall–Kier alpha value is -1.31. The van der Waals surface area contributed by atoms with Crippen molar-refractivity contribution in [3.8, 4) is 0 Å². The summed E-state index contributed by atoms with van der Waals surface area (Å²) in [4.78, 5) is 11.9. The molecule has 0 radical (unpaired) electrons. The Bertz CT molecular complexity index is 546. The van der Waals surface area contributed by atoms with Crippen molar-refractivity contribution in [3.05, 3.63) is 36.5 Å². The summed E-state index contributed by atoms with van der Waals surface area (Å²) in [5.41, 5.74) is 0. The Labute approximate surface area is 239 Å². The molecule has 0 aromatic carbocycles. The minimum atomic E-state index is 0.00317. The van der Waals surface area contributed by atoms with Crippen LogP contribution in [-0.2, 0) is 9.53 Å². The second kappa shape index (κ2) is 33.7. The fraction of sp³-hybridized carbons (Fsp3) is 0.806. The Balaban J connectivity index is 3.26. The van der Waals surface area contributed by atoms with Crippen molar-refractivity contribution >= 4 is 5.97 Å². The molecule has 0 bridgehead atoms. The molecule has 0 saturated carbocycles. The van der Waals surface area contributed by atoms with Gasteiger partial charge in [0.25, 0.3) is 0 Å². The summed E-state index contributed by atoms with van der Waals surface area (Å²) in [5.74, 6) is 0.00317. The lowest BCUT2D eigenvalue weighted by Gasteiger charge is -2.05. The number of allylic oxidation sites excluding steroid dienone is 6. The number of ether oxygens (including phenoxy) is 1. The Morgan fingerprint density at radius 3 is 1.34 bits per heavy atom. The number of hydrogen-bond donors (Lipinski definition) is 0. The number of esters is 1. The average molecular weight is 531 g/mol. The molecule has 2 heteroatoms. The first-order chi connectivity index (χ1) is 18.8. The van der Waals surface area contributed by atoms with Crippen LogP contribution in [0.4, 0.5) is 0 Å². The van der Waals surface area contributed by atoms with E-state index >= 15 is 0 Å². The molecule has 0 saturated heterocycles. The molecule has 0 heterocycles. The maximum Gasteiger partial charge on any atom is 0.305 e. The van der Waals surface area contributed by atoms with Crippen LogP contribution in [0.25, 0.3) is 0 Å². The summed E-state index contributed by atoms with van der Waals surface area (Å²) in [6.07, 6.45) is 46.2. The minimum absolute atomic E-state index is 0.00317. The Morgan fingerprint density at radius 1 is 0.447 bits per heavy atom. The molecule has 222 valence electrons. The average Bonchev–Trinajstić information content (AvgIpc) is 2.92. The van der Waals surface area contributed by atoms with Crippen molar-refractivity contribution in [1.29, 1.82) is 0 Å². The number of carbonyl (C=O) groups excluding carboxylic acids is 1. The molecule has 0 N–H and O–H groups in total. The zero-order chi connectivity index (χ0) is 27.6. The van der Waals surface area contributed by atoms with E-state index in [1.54, 1.807) is 0 Å². The molecule has 0 unspecified atom stereocenters. The number of hydrogen-bond acceptors (Lipinski definition) is 2. The highest BCUT2D eigenvalue weighted by atomic mass is 16.5. The monoisotopic (exact) mass is 531 g/mol. The first-order valence-corrected chi connectivity index (χ1v) is 16.9. The summed E-state index contributed by atoms with van der Waals surface area (Å²) in [5, 5.41) is 0. The van der Waals surface area contributed by atoms with Crippen LogP contribution in [0.5, 0.6) is 0 Å². The van der Waals surface area contributed by atoms with Gasteiger partial charge < -0.3 is 4.74 Å². The van der Waals surface area contributed by atoms with Crippen LogP contribution in [0.15, 0.2) is 36.5 Å². The van der Waals surface area contributed by atoms with E-state index < -0.39 is 0 Å². The molecule has 0 aliphatic carbocycles. The zero-order valence-electron chi connectivity index (χ0n) is 25.9. The van der Waals surface area contributed by atoms with E-state index in [9.17, 15) is 4.79 Å². The molecule has 0 fully saturated rings. The van der Waals surface area contributed by atoms with Crippen molar-refractivity contribution in [1.82, 2.24) is 0 Å². The molecular formula is C36H66O2. The number of rotatable bonds is 30. The van der Waals surface area contributed by atoms with Gasteiger partial charge in [0.2, 0.25) is 0 Å². The van der Waals surface area contributed by atoms with Gasteiger partial charge in [0.15, 0.2) is 0 Å². The summed E-state index contributed by atoms with van der Waals surface area (Å²) in [6.45, 7) is 5.14. The number of unbranched alkanes of at least 4 members (excludes halogenated alkanes) is 20. The third-order valence-electron chi connectivity index (χ3n) is 7.25. The van der Waals surface area contributed by atoms with Crippen LogP contribution < -0.4 is 0 Å². The summed E-state index contributed by atoms with van der Waals surface area (Å²) in [7, 11) is 0. The van der Waals surface area contributed by atoms with Gasteiger partial charge in [-0.2, -0.15) is 0 Å². The Morgan fingerprint density at radius 2 is 0.816 bits per heavy atom. The normalized spacial score (nSPS) is 11.9. The lowest BCUT2D eigenvalue weighted by atomic mass is 10.1. The topological polar surface area (TPSA) is 26.3 Å². The van der Waals surface area contributed by atoms with E-state index in [1.165, 1.54) is 135 Å². The zero-order valence-corrected chi connectivity index (χ0v) is 25.9. The van der Waals surface area contributed by atoms with Crippen LogP contribution in [0.3, 0.4) is 0 Å². The van der Waals surface area contributed by atoms with E-state index in [-0.39, 0.29) is 5.97 Å². The van der Waals surface area contributed by atoms with Crippen molar-refractivity contribution in [2.75, 3.05) is 6.61 Å². The van der Waals surface area contributed by atoms with Gasteiger partial charge in [-0.25, -0.2) is 0 Å². The third kappa shape index (κ3) is 32.7. The minimum Gasteiger partial charge on any atom is -0.466 e. The highest BCUT2D eigenvalue weighted by Gasteiger charge is 2.02. The molecule has 0 aliphatic heterocycles. The molecule has 0 aromatic heterocycles. The van der Waals surface area contributed by atoms with Crippen molar-refractivity contribution in [2.24, 2.45) is 0 Å². The van der Waals surface area contributed by atoms with E-state index in [1.807, 2.05) is 0 Å². The summed E-state index contributed by atoms with van der Waals surface area (Å²) < 4.78 is 5.42. The van der Waals surface area contributed by atoms with E-state index in [0.717, 1.165) is 25.7 Å². The summed E-state index contributed by atoms with van der Waals surface area (Å²) in [6, 6.07) is 0. The molecule has 2 nitrogen and oxygen atoms in total. The molecule has 0 rings (SSSR count). The van der Waals surface area contributed by atoms with Crippen LogP contribution >= 0.6 is 0 Å². The van der Waals surface area contributed by atoms with Crippen LogP contribution in [0, 0.1) is 0 Å². The highest BCUT2D eigenvalue weighted by Crippen LogP contribution is 2.11. The van der Waals surface area contributed by atoms with E-state index in [4.69, 9.17) is 4.74 Å². The van der Waals surface area contributed by atoms with Gasteiger partial charge in [0.05, 0.1) is 6.61 Å². The van der Waals surface area contributed by atoms with Crippen molar-refractivity contribution in [2.45, 2.75) is 181 Å². The van der Waals surface area contributed by atoms with Crippen molar-refractivity contribution in [3.63, 3.8) is 0 Å². The first-order valence-electron chi connectivity index (χ1n) is 16.9. The third-order valence-corrected chi connectivity index (χ3v) is 7.25. The number of carbonyl (C=O) groups is 1. The Kier molecular flexibility index (Phi) is 32.6. The van der Waals surface area contributed by atoms with Gasteiger partial charge in [0, 0.05) is 6.42 Å². The maximum atomic E-state index is 11.9. The van der Waals surface area contributed by atoms with Crippen LogP contribution in [0.2, 0.25) is 0 Å². The van der Waals surface area contributed by atoms with Gasteiger partial charge in [-0.1, -0.05) is 140 Å². The lowest BCUT2D eigenvalue weighted by Crippen LogP contribution is -2.05. The largest absolute Gasteiger partial charge is 0.466 e. The fourth-order valence-electron chi connectivity index (χ4n) is 4.69. The molecule has 0 spiro atoms. The second-order valence-electron chi connectivity index (χ2n) is 11.1. The highest BCUT2D eigenvalue weighted by molar-refractivity contribution is 5.69. The van der Waals surface area contributed by atoms with Crippen molar-refractivity contribution < 1.29 is 9.53 Å². The SMILES string of the molecule is CCCCC/C=C\C/C=C\CCCCCCCC(=O)OCCCCCCCC/C=C\CCCCCCCC. The molecule has 0 aromatic rings. The second-order valence-corrected chi connectivity index (χ2v) is 11.1. The lowest BCUT2D eigenvalue weighted by molar-refractivity contribution is -0.143. The smallest absolute Gasteiger partial charge is 0.305 e. The molecule has 0 aliphatic rings. The van der Waals surface area contributed by atoms with Gasteiger partial charge in [-0.05, 0) is 70.6 Å². The molecule has 0 atom stereocenters. The van der Waals surface area contributed by atoms with E-state index in [2.05, 4.69) is 50.3 Å². The van der Waals surface area contributed by atoms with Gasteiger partial charge in [-0.3, -0.25) is 4.79 Å². The quantitative estimate of drug-likeness (QED) is 0.0524. The summed E-state index contributed by atoms with van der Waals surface area (Å²) >= 11 is 0. The maximum absolute atomic E-state index is 11.9. The molecule has 38 heavy (non-hydrogen) atoms. The van der Waals surface area contributed by atoms with E-state index in [0.29, 0.717) is 13.0 Å². The predicted molar refractivity (Wildman–Crippen MR) is 170 cm³/mol. The van der Waals surface area contributed by atoms with Gasteiger partial charge >= 0.3 is 5.97 Å². The van der Waals surface area contributed by atoms with Gasteiger partial charge in [0.1, 0.15) is 0 Å². The van der Waals surface area contributed by atoms with Gasteiger partial charge in [-0.15, -0.1) is 0 Å². The van der Waals surface area contributed by atoms with Crippen LogP contribution in [-0.4, -0.2) is 12.6 Å². The van der Waals surface area contributed by atoms with Crippen LogP contribution in [0.1, 0.15) is 181 Å².